The number of hydrogen-bond donors (Lipinski definition) is 1. The second-order valence-corrected chi connectivity index (χ2v) is 6.82. The fourth-order valence-electron chi connectivity index (χ4n) is 2.18. The number of nitrogens with zero attached hydrogens (tertiary/aromatic N) is 1. The number of nitro groups is 1. The van der Waals surface area contributed by atoms with Crippen LogP contribution in [0.2, 0.25) is 0 Å². The molecule has 26 heavy (non-hydrogen) atoms. The number of aryl methyl sites for hydroxylation is 1. The highest BCUT2D eigenvalue weighted by Crippen LogP contribution is 2.28. The number of methoxy groups -OCH3 is 2. The third-order valence-electron chi connectivity index (χ3n) is 3.46. The summed E-state index contributed by atoms with van der Waals surface area (Å²) < 4.78 is 41.8. The molecule has 1 N–H and O–H groups in total. The number of furan rings is 1. The maximum absolute atomic E-state index is 12.4. The van der Waals surface area contributed by atoms with Gasteiger partial charge >= 0.3 is 5.97 Å². The van der Waals surface area contributed by atoms with Crippen LogP contribution in [0.5, 0.6) is 5.75 Å². The van der Waals surface area contributed by atoms with Crippen LogP contribution in [0.1, 0.15) is 21.9 Å². The minimum absolute atomic E-state index is 0.153. The molecule has 1 heterocycles. The summed E-state index contributed by atoms with van der Waals surface area (Å²) in [4.78, 5) is 21.4. The Balaban J connectivity index is 2.27. The summed E-state index contributed by atoms with van der Waals surface area (Å²) in [6, 6.07) is 4.73. The number of esters is 1. The van der Waals surface area contributed by atoms with Crippen molar-refractivity contribution in [2.45, 2.75) is 18.4 Å². The van der Waals surface area contributed by atoms with Crippen molar-refractivity contribution < 1.29 is 32.0 Å². The number of nitrogens with one attached hydrogen (secondary N) is 1. The van der Waals surface area contributed by atoms with E-state index in [1.807, 2.05) is 0 Å². The Morgan fingerprint density at radius 1 is 1.31 bits per heavy atom. The number of benzene rings is 1. The fraction of sp³-hybridized carbons (Fsp3) is 0.267. The molecule has 0 atom stereocenters. The smallest absolute Gasteiger partial charge is 0.341 e. The number of ether oxygens (including phenoxy) is 2. The molecule has 0 radical (unpaired) electrons. The van der Waals surface area contributed by atoms with E-state index in [9.17, 15) is 23.3 Å². The van der Waals surface area contributed by atoms with Crippen LogP contribution in [0.3, 0.4) is 0 Å². The maximum Gasteiger partial charge on any atom is 0.341 e. The average Bonchev–Trinajstić information content (AvgIpc) is 2.99. The Labute approximate surface area is 148 Å². The number of sulfonamides is 1. The second kappa shape index (κ2) is 7.54. The molecular weight excluding hydrogens is 368 g/mol. The van der Waals surface area contributed by atoms with Gasteiger partial charge in [0.15, 0.2) is 4.90 Å². The van der Waals surface area contributed by atoms with Gasteiger partial charge in [0.25, 0.3) is 5.69 Å². The predicted molar refractivity (Wildman–Crippen MR) is 88.5 cm³/mol. The minimum atomic E-state index is -4.21. The first-order chi connectivity index (χ1) is 12.2. The first-order valence-corrected chi connectivity index (χ1v) is 8.67. The van der Waals surface area contributed by atoms with Crippen LogP contribution in [0.4, 0.5) is 5.69 Å². The molecule has 0 amide bonds. The monoisotopic (exact) mass is 384 g/mol. The molecule has 0 unspecified atom stereocenters. The Kier molecular flexibility index (Phi) is 5.63. The van der Waals surface area contributed by atoms with Gasteiger partial charge in [-0.1, -0.05) is 0 Å². The van der Waals surface area contributed by atoms with Gasteiger partial charge in [-0.3, -0.25) is 10.1 Å². The van der Waals surface area contributed by atoms with Crippen LogP contribution in [0, 0.1) is 17.0 Å². The molecule has 0 aliphatic carbocycles. The second-order valence-electron chi connectivity index (χ2n) is 5.09. The van der Waals surface area contributed by atoms with E-state index in [2.05, 4.69) is 9.46 Å². The standard InChI is InChI=1S/C15H16N2O8S/c1-9-12(15(18)24-3)6-11(25-9)8-16-26(21,22)14-5-4-10(23-2)7-13(14)17(19)20/h4-7,16H,8H2,1-3H3. The molecule has 0 aliphatic heterocycles. The zero-order chi connectivity index (χ0) is 19.5. The zero-order valence-corrected chi connectivity index (χ0v) is 15.0. The van der Waals surface area contributed by atoms with Gasteiger partial charge in [-0.15, -0.1) is 0 Å². The Morgan fingerprint density at radius 2 is 2.00 bits per heavy atom. The summed E-state index contributed by atoms with van der Waals surface area (Å²) >= 11 is 0. The number of hydrogen-bond acceptors (Lipinski definition) is 8. The molecule has 11 heteroatoms. The fourth-order valence-corrected chi connectivity index (χ4v) is 3.33. The van der Waals surface area contributed by atoms with Gasteiger partial charge in [0, 0.05) is 0 Å². The molecule has 0 saturated carbocycles. The molecule has 0 bridgehead atoms. The third kappa shape index (κ3) is 4.00. The highest BCUT2D eigenvalue weighted by molar-refractivity contribution is 7.89. The Hall–Kier alpha value is -2.92. The number of carbonyl (C=O) groups excluding carboxylic acids is 1. The van der Waals surface area contributed by atoms with Crippen molar-refractivity contribution in [3.63, 3.8) is 0 Å². The lowest BCUT2D eigenvalue weighted by Crippen LogP contribution is -2.24. The molecule has 1 aromatic heterocycles. The summed E-state index contributed by atoms with van der Waals surface area (Å²) in [5.41, 5.74) is -0.458. The van der Waals surface area contributed by atoms with E-state index in [0.717, 1.165) is 12.1 Å². The van der Waals surface area contributed by atoms with Gasteiger partial charge in [0.05, 0.1) is 31.8 Å². The van der Waals surface area contributed by atoms with Gasteiger partial charge < -0.3 is 13.9 Å². The summed E-state index contributed by atoms with van der Waals surface area (Å²) in [6.07, 6.45) is 0. The van der Waals surface area contributed by atoms with Crippen molar-refractivity contribution in [3.8, 4) is 5.75 Å². The molecule has 0 aliphatic rings. The van der Waals surface area contributed by atoms with E-state index in [4.69, 9.17) is 9.15 Å². The average molecular weight is 384 g/mol. The van der Waals surface area contributed by atoms with E-state index in [1.54, 1.807) is 0 Å². The highest BCUT2D eigenvalue weighted by atomic mass is 32.2. The van der Waals surface area contributed by atoms with E-state index >= 15 is 0 Å². The molecule has 0 fully saturated rings. The summed E-state index contributed by atoms with van der Waals surface area (Å²) in [6.45, 7) is 1.22. The summed E-state index contributed by atoms with van der Waals surface area (Å²) in [5.74, 6) is -0.0460. The van der Waals surface area contributed by atoms with Crippen LogP contribution in [-0.4, -0.2) is 33.5 Å². The first kappa shape index (κ1) is 19.4. The predicted octanol–water partition coefficient (Wildman–Crippen LogP) is 1.77. The Morgan fingerprint density at radius 3 is 2.58 bits per heavy atom. The van der Waals surface area contributed by atoms with Crippen molar-refractivity contribution in [2.24, 2.45) is 0 Å². The van der Waals surface area contributed by atoms with Crippen LogP contribution in [0.15, 0.2) is 33.6 Å². The van der Waals surface area contributed by atoms with E-state index < -0.39 is 31.5 Å². The van der Waals surface area contributed by atoms with Crippen molar-refractivity contribution in [3.05, 3.63) is 51.5 Å². The molecule has 2 aromatic rings. The first-order valence-electron chi connectivity index (χ1n) is 7.19. The van der Waals surface area contributed by atoms with E-state index in [0.29, 0.717) is 0 Å². The minimum Gasteiger partial charge on any atom is -0.497 e. The molecule has 2 rings (SSSR count). The largest absolute Gasteiger partial charge is 0.497 e. The van der Waals surface area contributed by atoms with Crippen molar-refractivity contribution in [1.29, 1.82) is 0 Å². The van der Waals surface area contributed by atoms with Gasteiger partial charge in [-0.2, -0.15) is 0 Å². The molecule has 0 spiro atoms. The lowest BCUT2D eigenvalue weighted by atomic mass is 10.2. The summed E-state index contributed by atoms with van der Waals surface area (Å²) in [5, 5.41) is 11.2. The molecule has 0 saturated heterocycles. The van der Waals surface area contributed by atoms with Gasteiger partial charge in [0.2, 0.25) is 10.0 Å². The van der Waals surface area contributed by atoms with Crippen LogP contribution in [-0.2, 0) is 21.3 Å². The summed E-state index contributed by atoms with van der Waals surface area (Å²) in [7, 11) is -1.69. The number of rotatable bonds is 7. The molecule has 140 valence electrons. The normalized spacial score (nSPS) is 11.2. The Bertz CT molecular complexity index is 949. The van der Waals surface area contributed by atoms with Crippen molar-refractivity contribution in [1.82, 2.24) is 4.72 Å². The van der Waals surface area contributed by atoms with Gasteiger partial charge in [0.1, 0.15) is 22.8 Å². The van der Waals surface area contributed by atoms with E-state index in [-0.39, 0.29) is 29.4 Å². The topological polar surface area (TPSA) is 138 Å². The number of carbonyl (C=O) groups is 1. The molecule has 10 nitrogen and oxygen atoms in total. The quantitative estimate of drug-likeness (QED) is 0.433. The zero-order valence-electron chi connectivity index (χ0n) is 14.1. The highest BCUT2D eigenvalue weighted by Gasteiger charge is 2.27. The van der Waals surface area contributed by atoms with Crippen molar-refractivity contribution >= 4 is 21.7 Å². The van der Waals surface area contributed by atoms with Gasteiger partial charge in [-0.25, -0.2) is 17.9 Å². The van der Waals surface area contributed by atoms with Gasteiger partial charge in [-0.05, 0) is 25.1 Å². The van der Waals surface area contributed by atoms with Crippen molar-refractivity contribution in [2.75, 3.05) is 14.2 Å². The molecular formula is C15H16N2O8S. The third-order valence-corrected chi connectivity index (χ3v) is 4.91. The lowest BCUT2D eigenvalue weighted by Gasteiger charge is -2.07. The maximum atomic E-state index is 12.4. The van der Waals surface area contributed by atoms with Crippen LogP contribution < -0.4 is 9.46 Å². The lowest BCUT2D eigenvalue weighted by molar-refractivity contribution is -0.387. The van der Waals surface area contributed by atoms with Crippen LogP contribution >= 0.6 is 0 Å². The molecule has 1 aromatic carbocycles. The number of nitro benzene ring substituents is 1. The SMILES string of the molecule is COC(=O)c1cc(CNS(=O)(=O)c2ccc(OC)cc2[N+](=O)[O-])oc1C. The van der Waals surface area contributed by atoms with E-state index in [1.165, 1.54) is 33.3 Å². The van der Waals surface area contributed by atoms with Crippen LogP contribution in [0.25, 0.3) is 0 Å².